The van der Waals surface area contributed by atoms with Gasteiger partial charge in [0.15, 0.2) is 0 Å². The molecule has 0 radical (unpaired) electrons. The van der Waals surface area contributed by atoms with Gasteiger partial charge in [0.25, 0.3) is 5.91 Å². The van der Waals surface area contributed by atoms with Crippen molar-refractivity contribution >= 4 is 28.5 Å². The Bertz CT molecular complexity index is 878. The Morgan fingerprint density at radius 3 is 2.92 bits per heavy atom. The van der Waals surface area contributed by atoms with Gasteiger partial charge in [-0.05, 0) is 42.8 Å². The summed E-state index contributed by atoms with van der Waals surface area (Å²) in [6.07, 6.45) is -0.822. The largest absolute Gasteiger partial charge is 0.387 e. The molecule has 2 N–H and O–H groups in total. The molecule has 6 nitrogen and oxygen atoms in total. The molecule has 1 amide bonds. The molecule has 1 heterocycles. The van der Waals surface area contributed by atoms with Crippen molar-refractivity contribution in [1.82, 2.24) is 20.3 Å². The zero-order valence-corrected chi connectivity index (χ0v) is 13.9. The van der Waals surface area contributed by atoms with Crippen molar-refractivity contribution < 1.29 is 9.90 Å². The number of aliphatic hydroxyl groups is 1. The van der Waals surface area contributed by atoms with Crippen LogP contribution in [-0.4, -0.2) is 32.6 Å². The minimum Gasteiger partial charge on any atom is -0.387 e. The number of amides is 1. The molecular weight excluding hydrogens is 328 g/mol. The molecular formula is C17H17ClN4O2. The first-order valence-electron chi connectivity index (χ1n) is 7.63. The molecule has 0 bridgehead atoms. The van der Waals surface area contributed by atoms with Crippen LogP contribution in [0, 0.1) is 0 Å². The number of carbonyl (C=O) groups excluding carboxylic acids is 1. The van der Waals surface area contributed by atoms with Crippen molar-refractivity contribution in [3.63, 3.8) is 0 Å². The molecule has 3 aromatic rings. The highest BCUT2D eigenvalue weighted by Gasteiger charge is 2.13. The van der Waals surface area contributed by atoms with Gasteiger partial charge in [0, 0.05) is 23.7 Å². The molecule has 0 spiro atoms. The van der Waals surface area contributed by atoms with E-state index in [4.69, 9.17) is 11.6 Å². The van der Waals surface area contributed by atoms with Gasteiger partial charge in [-0.25, -0.2) is 4.68 Å². The second-order valence-electron chi connectivity index (χ2n) is 5.39. The van der Waals surface area contributed by atoms with Crippen LogP contribution in [0.3, 0.4) is 0 Å². The number of aliphatic hydroxyl groups excluding tert-OH is 1. The Labute approximate surface area is 144 Å². The van der Waals surface area contributed by atoms with Crippen LogP contribution in [0.1, 0.15) is 28.9 Å². The maximum Gasteiger partial charge on any atom is 0.251 e. The lowest BCUT2D eigenvalue weighted by molar-refractivity contribution is 0.0916. The molecule has 0 saturated carbocycles. The summed E-state index contributed by atoms with van der Waals surface area (Å²) in [7, 11) is 0. The van der Waals surface area contributed by atoms with Crippen LogP contribution in [0.25, 0.3) is 11.0 Å². The Morgan fingerprint density at radius 1 is 1.33 bits per heavy atom. The number of halogens is 1. The molecule has 1 aromatic heterocycles. The minimum absolute atomic E-state index is 0.0961. The highest BCUT2D eigenvalue weighted by Crippen LogP contribution is 2.17. The summed E-state index contributed by atoms with van der Waals surface area (Å²) in [5.41, 5.74) is 2.68. The Balaban J connectivity index is 1.68. The van der Waals surface area contributed by atoms with Crippen molar-refractivity contribution in [2.45, 2.75) is 19.6 Å². The number of nitrogens with zero attached hydrogens (tertiary/aromatic N) is 3. The van der Waals surface area contributed by atoms with E-state index in [0.29, 0.717) is 28.2 Å². The summed E-state index contributed by atoms with van der Waals surface area (Å²) in [6.45, 7) is 2.79. The summed E-state index contributed by atoms with van der Waals surface area (Å²) in [4.78, 5) is 12.3. The smallest absolute Gasteiger partial charge is 0.251 e. The number of hydrogen-bond acceptors (Lipinski definition) is 4. The topological polar surface area (TPSA) is 80.0 Å². The van der Waals surface area contributed by atoms with E-state index in [-0.39, 0.29) is 12.5 Å². The zero-order chi connectivity index (χ0) is 17.1. The molecule has 7 heteroatoms. The van der Waals surface area contributed by atoms with Crippen LogP contribution in [0.15, 0.2) is 42.5 Å². The molecule has 1 unspecified atom stereocenters. The molecule has 124 valence electrons. The molecule has 0 fully saturated rings. The average Bonchev–Trinajstić information content (AvgIpc) is 3.01. The molecule has 24 heavy (non-hydrogen) atoms. The molecule has 1 atom stereocenters. The van der Waals surface area contributed by atoms with E-state index < -0.39 is 6.10 Å². The number of carbonyl (C=O) groups is 1. The first kappa shape index (κ1) is 16.4. The van der Waals surface area contributed by atoms with Gasteiger partial charge in [-0.1, -0.05) is 28.9 Å². The normalized spacial score (nSPS) is 12.3. The second kappa shape index (κ2) is 6.98. The van der Waals surface area contributed by atoms with Gasteiger partial charge in [0.2, 0.25) is 0 Å². The fourth-order valence-electron chi connectivity index (χ4n) is 2.47. The van der Waals surface area contributed by atoms with E-state index in [2.05, 4.69) is 15.6 Å². The van der Waals surface area contributed by atoms with Gasteiger partial charge in [-0.15, -0.1) is 5.10 Å². The van der Waals surface area contributed by atoms with E-state index in [0.717, 1.165) is 5.52 Å². The second-order valence-corrected chi connectivity index (χ2v) is 5.83. The SMILES string of the molecule is CCn1nnc2cc(C(=O)NCC(O)c3cccc(Cl)c3)ccc21. The van der Waals surface area contributed by atoms with Gasteiger partial charge < -0.3 is 10.4 Å². The number of rotatable bonds is 5. The molecule has 3 rings (SSSR count). The van der Waals surface area contributed by atoms with Gasteiger partial charge in [-0.2, -0.15) is 0 Å². The maximum absolute atomic E-state index is 12.3. The molecule has 0 aliphatic carbocycles. The monoisotopic (exact) mass is 344 g/mol. The third-order valence-corrected chi connectivity index (χ3v) is 4.00. The summed E-state index contributed by atoms with van der Waals surface area (Å²) < 4.78 is 1.76. The number of fused-ring (bicyclic) bond motifs is 1. The third kappa shape index (κ3) is 3.39. The first-order valence-corrected chi connectivity index (χ1v) is 8.01. The predicted octanol–water partition coefficient (Wildman–Crippen LogP) is 2.57. The Morgan fingerprint density at radius 2 is 2.17 bits per heavy atom. The van der Waals surface area contributed by atoms with Crippen LogP contribution >= 0.6 is 11.6 Å². The highest BCUT2D eigenvalue weighted by atomic mass is 35.5. The van der Waals surface area contributed by atoms with Gasteiger partial charge in [0.05, 0.1) is 11.6 Å². The standard InChI is InChI=1S/C17H17ClN4O2/c1-2-22-15-7-6-12(9-14(15)20-21-22)17(24)19-10-16(23)11-4-3-5-13(18)8-11/h3-9,16,23H,2,10H2,1H3,(H,19,24). The summed E-state index contributed by atoms with van der Waals surface area (Å²) >= 11 is 5.90. The van der Waals surface area contributed by atoms with Gasteiger partial charge in [0.1, 0.15) is 5.52 Å². The zero-order valence-electron chi connectivity index (χ0n) is 13.1. The van der Waals surface area contributed by atoms with E-state index in [1.54, 1.807) is 41.1 Å². The lowest BCUT2D eigenvalue weighted by Gasteiger charge is -2.12. The van der Waals surface area contributed by atoms with Crippen molar-refractivity contribution in [3.8, 4) is 0 Å². The highest BCUT2D eigenvalue weighted by molar-refractivity contribution is 6.30. The number of hydrogen-bond donors (Lipinski definition) is 2. The number of aryl methyl sites for hydroxylation is 1. The van der Waals surface area contributed by atoms with Crippen LogP contribution in [0.4, 0.5) is 0 Å². The first-order chi connectivity index (χ1) is 11.6. The van der Waals surface area contributed by atoms with Crippen molar-refractivity contribution in [2.24, 2.45) is 0 Å². The van der Waals surface area contributed by atoms with Crippen LogP contribution in [0.5, 0.6) is 0 Å². The molecule has 0 aliphatic heterocycles. The lowest BCUT2D eigenvalue weighted by Crippen LogP contribution is -2.28. The molecule has 0 aliphatic rings. The number of aromatic nitrogens is 3. The Kier molecular flexibility index (Phi) is 4.78. The Hall–Kier alpha value is -2.44. The predicted molar refractivity (Wildman–Crippen MR) is 91.9 cm³/mol. The average molecular weight is 345 g/mol. The fraction of sp³-hybridized carbons (Fsp3) is 0.235. The van der Waals surface area contributed by atoms with E-state index in [1.807, 2.05) is 13.0 Å². The quantitative estimate of drug-likeness (QED) is 0.745. The van der Waals surface area contributed by atoms with Gasteiger partial charge in [-0.3, -0.25) is 4.79 Å². The summed E-state index contributed by atoms with van der Waals surface area (Å²) in [5, 5.41) is 21.5. The summed E-state index contributed by atoms with van der Waals surface area (Å²) in [5.74, 6) is -0.274. The van der Waals surface area contributed by atoms with Crippen molar-refractivity contribution in [3.05, 3.63) is 58.6 Å². The van der Waals surface area contributed by atoms with Gasteiger partial charge >= 0.3 is 0 Å². The van der Waals surface area contributed by atoms with Crippen molar-refractivity contribution in [2.75, 3.05) is 6.54 Å². The number of nitrogens with one attached hydrogen (secondary N) is 1. The molecule has 2 aromatic carbocycles. The van der Waals surface area contributed by atoms with E-state index in [1.165, 1.54) is 0 Å². The third-order valence-electron chi connectivity index (χ3n) is 3.77. The fourth-order valence-corrected chi connectivity index (χ4v) is 2.67. The minimum atomic E-state index is -0.822. The molecule has 0 saturated heterocycles. The lowest BCUT2D eigenvalue weighted by atomic mass is 10.1. The maximum atomic E-state index is 12.3. The van der Waals surface area contributed by atoms with Crippen LogP contribution in [0.2, 0.25) is 5.02 Å². The van der Waals surface area contributed by atoms with Crippen molar-refractivity contribution in [1.29, 1.82) is 0 Å². The van der Waals surface area contributed by atoms with E-state index in [9.17, 15) is 9.90 Å². The van der Waals surface area contributed by atoms with Crippen LogP contribution in [-0.2, 0) is 6.54 Å². The van der Waals surface area contributed by atoms with Crippen LogP contribution < -0.4 is 5.32 Å². The number of benzene rings is 2. The van der Waals surface area contributed by atoms with E-state index >= 15 is 0 Å². The summed E-state index contributed by atoms with van der Waals surface area (Å²) in [6, 6.07) is 12.2.